The van der Waals surface area contributed by atoms with Gasteiger partial charge in [0.05, 0.1) is 0 Å². The van der Waals surface area contributed by atoms with Crippen LogP contribution in [0.15, 0.2) is 24.5 Å². The summed E-state index contributed by atoms with van der Waals surface area (Å²) in [5.74, 6) is 1.30. The number of pyridine rings is 1. The lowest BCUT2D eigenvalue weighted by Crippen LogP contribution is -2.34. The largest absolute Gasteiger partial charge is 0.381 e. The molecule has 0 bridgehead atoms. The summed E-state index contributed by atoms with van der Waals surface area (Å²) in [7, 11) is 4.13. The van der Waals surface area contributed by atoms with E-state index in [4.69, 9.17) is 4.74 Å². The van der Waals surface area contributed by atoms with Gasteiger partial charge in [-0.25, -0.2) is 0 Å². The van der Waals surface area contributed by atoms with Gasteiger partial charge in [0.2, 0.25) is 5.91 Å². The molecule has 3 heterocycles. The van der Waals surface area contributed by atoms with Crippen LogP contribution >= 0.6 is 0 Å². The summed E-state index contributed by atoms with van der Waals surface area (Å²) in [4.78, 5) is 21.2. The predicted octanol–water partition coefficient (Wildman–Crippen LogP) is 2.74. The number of ether oxygens (including phenoxy) is 1. The van der Waals surface area contributed by atoms with Gasteiger partial charge < -0.3 is 9.64 Å². The fourth-order valence-corrected chi connectivity index (χ4v) is 4.30. The van der Waals surface area contributed by atoms with Gasteiger partial charge in [0.25, 0.3) is 0 Å². The molecule has 1 amide bonds. The van der Waals surface area contributed by atoms with E-state index >= 15 is 0 Å². The SMILES string of the molecule is CN(C[C@@H]1CCN(C)[C@H]1c1cccnc1)C(=O)CC[C@@H]1CCCOC1. The van der Waals surface area contributed by atoms with Crippen LogP contribution in [0.2, 0.25) is 0 Å². The average molecular weight is 345 g/mol. The van der Waals surface area contributed by atoms with E-state index in [1.54, 1.807) is 0 Å². The minimum Gasteiger partial charge on any atom is -0.381 e. The van der Waals surface area contributed by atoms with Crippen LogP contribution in [0.25, 0.3) is 0 Å². The first-order valence-electron chi connectivity index (χ1n) is 9.57. The first-order valence-corrected chi connectivity index (χ1v) is 9.57. The van der Waals surface area contributed by atoms with Crippen LogP contribution in [-0.2, 0) is 9.53 Å². The molecule has 3 rings (SSSR count). The highest BCUT2D eigenvalue weighted by Crippen LogP contribution is 2.36. The quantitative estimate of drug-likeness (QED) is 0.795. The Morgan fingerprint density at radius 2 is 2.32 bits per heavy atom. The fraction of sp³-hybridized carbons (Fsp3) is 0.700. The molecule has 3 atom stereocenters. The Kier molecular flexibility index (Phi) is 6.43. The molecule has 2 saturated heterocycles. The molecule has 2 aliphatic rings. The van der Waals surface area contributed by atoms with Gasteiger partial charge in [-0.1, -0.05) is 6.07 Å². The van der Waals surface area contributed by atoms with E-state index in [1.165, 1.54) is 12.0 Å². The maximum atomic E-state index is 12.6. The first kappa shape index (κ1) is 18.3. The number of hydrogen-bond donors (Lipinski definition) is 0. The maximum Gasteiger partial charge on any atom is 0.222 e. The number of hydrogen-bond acceptors (Lipinski definition) is 4. The molecular formula is C20H31N3O2. The molecule has 2 fully saturated rings. The number of amides is 1. The Morgan fingerprint density at radius 3 is 3.04 bits per heavy atom. The second-order valence-electron chi connectivity index (χ2n) is 7.66. The van der Waals surface area contributed by atoms with Crippen molar-refractivity contribution in [2.75, 3.05) is 40.4 Å². The lowest BCUT2D eigenvalue weighted by molar-refractivity contribution is -0.131. The van der Waals surface area contributed by atoms with Crippen LogP contribution in [-0.4, -0.2) is 61.1 Å². The monoisotopic (exact) mass is 345 g/mol. The number of carbonyl (C=O) groups excluding carboxylic acids is 1. The second-order valence-corrected chi connectivity index (χ2v) is 7.66. The molecule has 0 unspecified atom stereocenters. The van der Waals surface area contributed by atoms with E-state index in [0.717, 1.165) is 45.6 Å². The summed E-state index contributed by atoms with van der Waals surface area (Å²) in [5.41, 5.74) is 1.26. The van der Waals surface area contributed by atoms with Crippen molar-refractivity contribution >= 4 is 5.91 Å². The van der Waals surface area contributed by atoms with Crippen molar-refractivity contribution in [1.82, 2.24) is 14.8 Å². The topological polar surface area (TPSA) is 45.7 Å². The van der Waals surface area contributed by atoms with Crippen molar-refractivity contribution in [2.24, 2.45) is 11.8 Å². The van der Waals surface area contributed by atoms with Crippen molar-refractivity contribution in [2.45, 2.75) is 38.1 Å². The highest BCUT2D eigenvalue weighted by molar-refractivity contribution is 5.75. The Balaban J connectivity index is 1.52. The molecule has 0 N–H and O–H groups in total. The normalized spacial score (nSPS) is 27.4. The third-order valence-electron chi connectivity index (χ3n) is 5.76. The number of aromatic nitrogens is 1. The van der Waals surface area contributed by atoms with Gasteiger partial charge in [-0.15, -0.1) is 0 Å². The number of likely N-dealkylation sites (tertiary alicyclic amines) is 1. The van der Waals surface area contributed by atoms with E-state index < -0.39 is 0 Å². The van der Waals surface area contributed by atoms with Crippen LogP contribution in [0.1, 0.15) is 43.7 Å². The Bertz CT molecular complexity index is 545. The van der Waals surface area contributed by atoms with E-state index in [0.29, 0.717) is 24.3 Å². The molecule has 5 nitrogen and oxygen atoms in total. The number of rotatable bonds is 6. The zero-order valence-electron chi connectivity index (χ0n) is 15.6. The van der Waals surface area contributed by atoms with Gasteiger partial charge in [-0.05, 0) is 62.7 Å². The van der Waals surface area contributed by atoms with Gasteiger partial charge in [0.1, 0.15) is 0 Å². The maximum absolute atomic E-state index is 12.6. The summed E-state index contributed by atoms with van der Waals surface area (Å²) in [6.07, 6.45) is 8.85. The first-order chi connectivity index (χ1) is 12.1. The molecule has 5 heteroatoms. The molecule has 0 saturated carbocycles. The van der Waals surface area contributed by atoms with E-state index in [-0.39, 0.29) is 5.91 Å². The number of carbonyl (C=O) groups is 1. The highest BCUT2D eigenvalue weighted by Gasteiger charge is 2.34. The predicted molar refractivity (Wildman–Crippen MR) is 98.1 cm³/mol. The van der Waals surface area contributed by atoms with E-state index in [2.05, 4.69) is 23.0 Å². The van der Waals surface area contributed by atoms with Gasteiger partial charge in [0, 0.05) is 51.7 Å². The van der Waals surface area contributed by atoms with Gasteiger partial charge in [-0.3, -0.25) is 14.7 Å². The van der Waals surface area contributed by atoms with Crippen molar-refractivity contribution in [3.05, 3.63) is 30.1 Å². The van der Waals surface area contributed by atoms with Crippen LogP contribution < -0.4 is 0 Å². The van der Waals surface area contributed by atoms with Gasteiger partial charge >= 0.3 is 0 Å². The fourth-order valence-electron chi connectivity index (χ4n) is 4.30. The minimum atomic E-state index is 0.269. The van der Waals surface area contributed by atoms with E-state index in [1.807, 2.05) is 30.4 Å². The minimum absolute atomic E-state index is 0.269. The van der Waals surface area contributed by atoms with Crippen molar-refractivity contribution in [3.63, 3.8) is 0 Å². The molecule has 25 heavy (non-hydrogen) atoms. The van der Waals surface area contributed by atoms with E-state index in [9.17, 15) is 4.79 Å². The van der Waals surface area contributed by atoms with Crippen molar-refractivity contribution < 1.29 is 9.53 Å². The zero-order chi connectivity index (χ0) is 17.6. The lowest BCUT2D eigenvalue weighted by Gasteiger charge is -2.29. The molecule has 2 aliphatic heterocycles. The van der Waals surface area contributed by atoms with Crippen LogP contribution in [0.4, 0.5) is 0 Å². The average Bonchev–Trinajstić information content (AvgIpc) is 3.01. The summed E-state index contributed by atoms with van der Waals surface area (Å²) in [6.45, 7) is 3.61. The Hall–Kier alpha value is -1.46. The smallest absolute Gasteiger partial charge is 0.222 e. The van der Waals surface area contributed by atoms with Gasteiger partial charge in [0.15, 0.2) is 0 Å². The summed E-state index contributed by atoms with van der Waals surface area (Å²) in [5, 5.41) is 0. The molecule has 1 aromatic rings. The second kappa shape index (κ2) is 8.77. The molecule has 138 valence electrons. The summed E-state index contributed by atoms with van der Waals surface area (Å²) >= 11 is 0. The summed E-state index contributed by atoms with van der Waals surface area (Å²) in [6, 6.07) is 4.51. The summed E-state index contributed by atoms with van der Waals surface area (Å²) < 4.78 is 5.52. The molecule has 0 aromatic carbocycles. The molecule has 0 spiro atoms. The highest BCUT2D eigenvalue weighted by atomic mass is 16.5. The third kappa shape index (κ3) is 4.79. The molecule has 1 aromatic heterocycles. The zero-order valence-corrected chi connectivity index (χ0v) is 15.6. The van der Waals surface area contributed by atoms with Crippen LogP contribution in [0.3, 0.4) is 0 Å². The lowest BCUT2D eigenvalue weighted by atomic mass is 9.93. The molecule has 0 aliphatic carbocycles. The molecule has 0 radical (unpaired) electrons. The molecular weight excluding hydrogens is 314 g/mol. The van der Waals surface area contributed by atoms with Gasteiger partial charge in [-0.2, -0.15) is 0 Å². The van der Waals surface area contributed by atoms with Crippen LogP contribution in [0, 0.1) is 11.8 Å². The van der Waals surface area contributed by atoms with Crippen molar-refractivity contribution in [1.29, 1.82) is 0 Å². The Morgan fingerprint density at radius 1 is 1.44 bits per heavy atom. The third-order valence-corrected chi connectivity index (χ3v) is 5.76. The standard InChI is InChI=1S/C20H31N3O2/c1-22-11-9-18(20(22)17-6-3-10-21-13-17)14-23(2)19(24)8-7-16-5-4-12-25-15-16/h3,6,10,13,16,18,20H,4-5,7-9,11-12,14-15H2,1-2H3/t16-,18-,20-/m0/s1. The van der Waals surface area contributed by atoms with Crippen LogP contribution in [0.5, 0.6) is 0 Å². The number of nitrogens with zero attached hydrogens (tertiary/aromatic N) is 3. The van der Waals surface area contributed by atoms with Crippen molar-refractivity contribution in [3.8, 4) is 0 Å². The Labute approximate surface area is 151 Å².